The van der Waals surface area contributed by atoms with Crippen LogP contribution < -0.4 is 5.73 Å². The highest BCUT2D eigenvalue weighted by Gasteiger charge is 2.31. The van der Waals surface area contributed by atoms with Crippen LogP contribution in [-0.2, 0) is 9.53 Å². The van der Waals surface area contributed by atoms with Gasteiger partial charge in [-0.2, -0.15) is 0 Å². The summed E-state index contributed by atoms with van der Waals surface area (Å²) in [5, 5.41) is 9.43. The summed E-state index contributed by atoms with van der Waals surface area (Å²) in [7, 11) is 0. The molecule has 3 atom stereocenters. The van der Waals surface area contributed by atoms with Gasteiger partial charge in [0.2, 0.25) is 0 Å². The van der Waals surface area contributed by atoms with Crippen LogP contribution in [0, 0.1) is 5.92 Å². The zero-order chi connectivity index (χ0) is 9.84. The SMILES string of the molecule is CCOC(=O)[C@H]1CC[C@H](N)[C@@H](O)C1. The summed E-state index contributed by atoms with van der Waals surface area (Å²) < 4.78 is 4.87. The van der Waals surface area contributed by atoms with E-state index >= 15 is 0 Å². The highest BCUT2D eigenvalue weighted by molar-refractivity contribution is 5.72. The first kappa shape index (κ1) is 10.5. The van der Waals surface area contributed by atoms with Gasteiger partial charge >= 0.3 is 5.97 Å². The third-order valence-electron chi connectivity index (χ3n) is 2.49. The zero-order valence-electron chi connectivity index (χ0n) is 7.90. The van der Waals surface area contributed by atoms with Gasteiger partial charge in [0.25, 0.3) is 0 Å². The molecule has 0 saturated heterocycles. The van der Waals surface area contributed by atoms with Crippen LogP contribution in [0.4, 0.5) is 0 Å². The first-order valence-corrected chi connectivity index (χ1v) is 4.75. The molecule has 4 heteroatoms. The molecule has 0 radical (unpaired) electrons. The van der Waals surface area contributed by atoms with Crippen molar-refractivity contribution in [3.8, 4) is 0 Å². The number of nitrogens with two attached hydrogens (primary N) is 1. The van der Waals surface area contributed by atoms with Gasteiger partial charge in [-0.15, -0.1) is 0 Å². The maximum atomic E-state index is 11.3. The van der Waals surface area contributed by atoms with E-state index < -0.39 is 6.10 Å². The fourth-order valence-electron chi connectivity index (χ4n) is 1.64. The summed E-state index contributed by atoms with van der Waals surface area (Å²) in [6.07, 6.45) is 1.32. The maximum Gasteiger partial charge on any atom is 0.309 e. The fourth-order valence-corrected chi connectivity index (χ4v) is 1.64. The second-order valence-corrected chi connectivity index (χ2v) is 3.49. The Balaban J connectivity index is 2.40. The third-order valence-corrected chi connectivity index (χ3v) is 2.49. The first-order chi connectivity index (χ1) is 6.15. The molecule has 0 unspecified atom stereocenters. The van der Waals surface area contributed by atoms with E-state index in [-0.39, 0.29) is 17.9 Å². The molecule has 1 fully saturated rings. The zero-order valence-corrected chi connectivity index (χ0v) is 7.90. The van der Waals surface area contributed by atoms with Crippen LogP contribution in [0.25, 0.3) is 0 Å². The van der Waals surface area contributed by atoms with Crippen molar-refractivity contribution in [3.05, 3.63) is 0 Å². The number of carbonyl (C=O) groups excluding carboxylic acids is 1. The summed E-state index contributed by atoms with van der Waals surface area (Å²) in [4.78, 5) is 11.3. The third kappa shape index (κ3) is 2.67. The standard InChI is InChI=1S/C9H17NO3/c1-2-13-9(12)6-3-4-7(10)8(11)5-6/h6-8,11H,2-5,10H2,1H3/t6-,7-,8-/m0/s1. The van der Waals surface area contributed by atoms with Gasteiger partial charge in [0.15, 0.2) is 0 Å². The molecule has 1 rings (SSSR count). The van der Waals surface area contributed by atoms with Crippen molar-refractivity contribution in [2.45, 2.75) is 38.3 Å². The van der Waals surface area contributed by atoms with Gasteiger partial charge in [-0.05, 0) is 26.2 Å². The largest absolute Gasteiger partial charge is 0.466 e. The molecule has 0 aromatic heterocycles. The van der Waals surface area contributed by atoms with Crippen LogP contribution in [0.15, 0.2) is 0 Å². The lowest BCUT2D eigenvalue weighted by Crippen LogP contribution is -2.42. The Morgan fingerprint density at radius 1 is 1.62 bits per heavy atom. The number of rotatable bonds is 2. The van der Waals surface area contributed by atoms with Crippen LogP contribution in [0.5, 0.6) is 0 Å². The molecule has 1 aliphatic carbocycles. The highest BCUT2D eigenvalue weighted by atomic mass is 16.5. The van der Waals surface area contributed by atoms with Crippen molar-refractivity contribution in [1.82, 2.24) is 0 Å². The summed E-state index contributed by atoms with van der Waals surface area (Å²) in [6, 6.07) is -0.175. The minimum Gasteiger partial charge on any atom is -0.466 e. The van der Waals surface area contributed by atoms with Crippen molar-refractivity contribution in [3.63, 3.8) is 0 Å². The summed E-state index contributed by atoms with van der Waals surface area (Å²) >= 11 is 0. The Kier molecular flexibility index (Phi) is 3.69. The van der Waals surface area contributed by atoms with Crippen molar-refractivity contribution >= 4 is 5.97 Å². The second-order valence-electron chi connectivity index (χ2n) is 3.49. The Bertz CT molecular complexity index is 184. The van der Waals surface area contributed by atoms with E-state index in [1.165, 1.54) is 0 Å². The Morgan fingerprint density at radius 2 is 2.31 bits per heavy atom. The van der Waals surface area contributed by atoms with Gasteiger partial charge < -0.3 is 15.6 Å². The molecule has 3 N–H and O–H groups in total. The number of esters is 1. The van der Waals surface area contributed by atoms with Crippen LogP contribution in [-0.4, -0.2) is 29.8 Å². The number of ether oxygens (including phenoxy) is 1. The van der Waals surface area contributed by atoms with Gasteiger partial charge in [-0.1, -0.05) is 0 Å². The number of carbonyl (C=O) groups is 1. The van der Waals surface area contributed by atoms with Gasteiger partial charge in [-0.25, -0.2) is 0 Å². The molecule has 13 heavy (non-hydrogen) atoms. The van der Waals surface area contributed by atoms with Crippen LogP contribution in [0.2, 0.25) is 0 Å². The normalized spacial score (nSPS) is 34.2. The molecule has 1 saturated carbocycles. The van der Waals surface area contributed by atoms with Gasteiger partial charge in [-0.3, -0.25) is 4.79 Å². The molecule has 0 heterocycles. The smallest absolute Gasteiger partial charge is 0.309 e. The Labute approximate surface area is 78.1 Å². The Morgan fingerprint density at radius 3 is 2.85 bits per heavy atom. The molecule has 76 valence electrons. The molecule has 0 aromatic rings. The lowest BCUT2D eigenvalue weighted by molar-refractivity contribution is -0.150. The maximum absolute atomic E-state index is 11.3. The van der Waals surface area contributed by atoms with E-state index in [1.54, 1.807) is 6.92 Å². The monoisotopic (exact) mass is 187 g/mol. The van der Waals surface area contributed by atoms with E-state index in [1.807, 2.05) is 0 Å². The summed E-state index contributed by atoms with van der Waals surface area (Å²) in [6.45, 7) is 2.18. The van der Waals surface area contributed by atoms with Crippen molar-refractivity contribution in [2.75, 3.05) is 6.61 Å². The molecule has 0 amide bonds. The average molecular weight is 187 g/mol. The van der Waals surface area contributed by atoms with Crippen molar-refractivity contribution in [1.29, 1.82) is 0 Å². The molecular formula is C9H17NO3. The number of hydrogen-bond acceptors (Lipinski definition) is 4. The lowest BCUT2D eigenvalue weighted by atomic mass is 9.84. The summed E-state index contributed by atoms with van der Waals surface area (Å²) in [5.41, 5.74) is 5.61. The fraction of sp³-hybridized carbons (Fsp3) is 0.889. The molecule has 0 aliphatic heterocycles. The van der Waals surface area contributed by atoms with E-state index in [0.29, 0.717) is 19.4 Å². The first-order valence-electron chi connectivity index (χ1n) is 4.75. The minimum atomic E-state index is -0.553. The molecule has 0 spiro atoms. The quantitative estimate of drug-likeness (QED) is 0.598. The van der Waals surface area contributed by atoms with Gasteiger partial charge in [0.1, 0.15) is 0 Å². The lowest BCUT2D eigenvalue weighted by Gasteiger charge is -2.29. The van der Waals surface area contributed by atoms with Crippen LogP contribution >= 0.6 is 0 Å². The topological polar surface area (TPSA) is 72.5 Å². The number of aliphatic hydroxyl groups excluding tert-OH is 1. The molecule has 0 aromatic carbocycles. The predicted octanol–water partition coefficient (Wildman–Crippen LogP) is 0.0378. The molecule has 1 aliphatic rings. The number of hydrogen-bond donors (Lipinski definition) is 2. The minimum absolute atomic E-state index is 0.158. The number of aliphatic hydroxyl groups is 1. The second kappa shape index (κ2) is 4.58. The van der Waals surface area contributed by atoms with E-state index in [2.05, 4.69) is 0 Å². The average Bonchev–Trinajstić information content (AvgIpc) is 2.10. The van der Waals surface area contributed by atoms with Gasteiger partial charge in [0.05, 0.1) is 18.6 Å². The Hall–Kier alpha value is -0.610. The molecular weight excluding hydrogens is 170 g/mol. The van der Waals surface area contributed by atoms with E-state index in [9.17, 15) is 9.90 Å². The molecule has 0 bridgehead atoms. The molecule has 4 nitrogen and oxygen atoms in total. The van der Waals surface area contributed by atoms with Crippen LogP contribution in [0.3, 0.4) is 0 Å². The van der Waals surface area contributed by atoms with Crippen molar-refractivity contribution < 1.29 is 14.6 Å². The highest BCUT2D eigenvalue weighted by Crippen LogP contribution is 2.24. The van der Waals surface area contributed by atoms with Crippen LogP contribution in [0.1, 0.15) is 26.2 Å². The van der Waals surface area contributed by atoms with E-state index in [0.717, 1.165) is 6.42 Å². The van der Waals surface area contributed by atoms with Gasteiger partial charge in [0, 0.05) is 6.04 Å². The summed E-state index contributed by atoms with van der Waals surface area (Å²) in [5.74, 6) is -0.358. The predicted molar refractivity (Wildman–Crippen MR) is 48.0 cm³/mol. The van der Waals surface area contributed by atoms with Crippen molar-refractivity contribution in [2.24, 2.45) is 11.7 Å². The van der Waals surface area contributed by atoms with E-state index in [4.69, 9.17) is 10.5 Å².